The molecule has 5 nitrogen and oxygen atoms in total. The van der Waals surface area contributed by atoms with Crippen LogP contribution in [0.2, 0.25) is 0 Å². The molecule has 4 rings (SSSR count). The van der Waals surface area contributed by atoms with Crippen molar-refractivity contribution in [2.75, 3.05) is 19.6 Å². The maximum Gasteiger partial charge on any atom is 0.267 e. The molecule has 0 radical (unpaired) electrons. The van der Waals surface area contributed by atoms with Crippen molar-refractivity contribution in [3.05, 3.63) is 66.1 Å². The van der Waals surface area contributed by atoms with Crippen LogP contribution in [0.5, 0.6) is 0 Å². The van der Waals surface area contributed by atoms with Gasteiger partial charge in [-0.2, -0.15) is 0 Å². The Bertz CT molecular complexity index is 992. The lowest BCUT2D eigenvalue weighted by molar-refractivity contribution is 0.0991. The van der Waals surface area contributed by atoms with Gasteiger partial charge < -0.3 is 15.2 Å². The number of hydrogen-bond donors (Lipinski definition) is 1. The van der Waals surface area contributed by atoms with Crippen LogP contribution >= 0.6 is 0 Å². The van der Waals surface area contributed by atoms with Crippen LogP contribution in [0.4, 0.5) is 4.39 Å². The Hall–Kier alpha value is -2.99. The normalized spacial score (nSPS) is 14.7. The predicted octanol–water partition coefficient (Wildman–Crippen LogP) is 4.33. The third-order valence-corrected chi connectivity index (χ3v) is 5.66. The second-order valence-electron chi connectivity index (χ2n) is 7.78. The smallest absolute Gasteiger partial charge is 0.267 e. The van der Waals surface area contributed by atoms with Gasteiger partial charge in [0.2, 0.25) is 0 Å². The summed E-state index contributed by atoms with van der Waals surface area (Å²) in [7, 11) is 0. The third-order valence-electron chi connectivity index (χ3n) is 5.66. The molecule has 1 aliphatic rings. The summed E-state index contributed by atoms with van der Waals surface area (Å²) in [4.78, 5) is 19.7. The van der Waals surface area contributed by atoms with Crippen LogP contribution in [0.3, 0.4) is 0 Å². The van der Waals surface area contributed by atoms with E-state index in [0.717, 1.165) is 37.2 Å². The first-order valence-corrected chi connectivity index (χ1v) is 10.6. The summed E-state index contributed by atoms with van der Waals surface area (Å²) in [5, 5.41) is 0. The number of amides is 1. The number of primary amides is 1. The van der Waals surface area contributed by atoms with Gasteiger partial charge in [-0.25, -0.2) is 9.37 Å². The van der Waals surface area contributed by atoms with Gasteiger partial charge in [-0.3, -0.25) is 4.79 Å². The minimum absolute atomic E-state index is 0.305. The van der Waals surface area contributed by atoms with Gasteiger partial charge in [0.05, 0.1) is 0 Å². The summed E-state index contributed by atoms with van der Waals surface area (Å²) in [6.45, 7) is 3.86. The van der Waals surface area contributed by atoms with Gasteiger partial charge in [0.15, 0.2) is 0 Å². The van der Waals surface area contributed by atoms with Gasteiger partial charge in [-0.15, -0.1) is 0 Å². The number of aromatic nitrogens is 2. The lowest BCUT2D eigenvalue weighted by Crippen LogP contribution is -2.31. The number of hydrogen-bond acceptors (Lipinski definition) is 3. The van der Waals surface area contributed by atoms with E-state index in [1.807, 2.05) is 34.9 Å². The zero-order chi connectivity index (χ0) is 20.9. The molecule has 2 heterocycles. The fourth-order valence-electron chi connectivity index (χ4n) is 4.17. The number of imidazole rings is 1. The summed E-state index contributed by atoms with van der Waals surface area (Å²) in [6, 6.07) is 15.8. The molecule has 1 saturated heterocycles. The Morgan fingerprint density at radius 1 is 0.933 bits per heavy atom. The highest BCUT2D eigenvalue weighted by Crippen LogP contribution is 2.30. The highest BCUT2D eigenvalue weighted by molar-refractivity contribution is 5.98. The van der Waals surface area contributed by atoms with E-state index in [-0.39, 0.29) is 5.82 Å². The van der Waals surface area contributed by atoms with E-state index in [1.54, 1.807) is 12.1 Å². The van der Waals surface area contributed by atoms with Gasteiger partial charge in [0, 0.05) is 17.7 Å². The summed E-state index contributed by atoms with van der Waals surface area (Å²) < 4.78 is 15.4. The first-order valence-electron chi connectivity index (χ1n) is 10.6. The Kier molecular flexibility index (Phi) is 6.23. The second kappa shape index (κ2) is 9.22. The van der Waals surface area contributed by atoms with Crippen molar-refractivity contribution in [2.24, 2.45) is 5.73 Å². The SMILES string of the molecule is NC(=O)c1c(-c2ccccc2)nc(-c2ccc(F)cc2)n1CCCN1CCCCC1. The quantitative estimate of drug-likeness (QED) is 0.635. The summed E-state index contributed by atoms with van der Waals surface area (Å²) in [5.74, 6) is -0.172. The Balaban J connectivity index is 1.71. The molecule has 2 aromatic carbocycles. The number of carbonyl (C=O) groups is 1. The molecule has 1 aliphatic heterocycles. The van der Waals surface area contributed by atoms with Crippen LogP contribution in [0.25, 0.3) is 22.6 Å². The number of carbonyl (C=O) groups excluding carboxylic acids is 1. The average molecular weight is 407 g/mol. The number of rotatable bonds is 7. The number of nitrogens with two attached hydrogens (primary N) is 1. The minimum Gasteiger partial charge on any atom is -0.364 e. The maximum absolute atomic E-state index is 13.5. The van der Waals surface area contributed by atoms with Crippen LogP contribution in [-0.4, -0.2) is 40.0 Å². The largest absolute Gasteiger partial charge is 0.364 e. The zero-order valence-corrected chi connectivity index (χ0v) is 17.1. The average Bonchev–Trinajstić information content (AvgIpc) is 3.15. The molecule has 0 unspecified atom stereocenters. The molecule has 0 bridgehead atoms. The highest BCUT2D eigenvalue weighted by Gasteiger charge is 2.23. The Labute approximate surface area is 176 Å². The maximum atomic E-state index is 13.5. The topological polar surface area (TPSA) is 64.2 Å². The van der Waals surface area contributed by atoms with Crippen LogP contribution in [-0.2, 0) is 6.54 Å². The van der Waals surface area contributed by atoms with Crippen molar-refractivity contribution in [2.45, 2.75) is 32.2 Å². The molecule has 156 valence electrons. The van der Waals surface area contributed by atoms with Gasteiger partial charge in [-0.05, 0) is 63.2 Å². The number of nitrogens with zero attached hydrogens (tertiary/aromatic N) is 3. The fraction of sp³-hybridized carbons (Fsp3) is 0.333. The summed E-state index contributed by atoms with van der Waals surface area (Å²) in [6.07, 6.45) is 4.69. The minimum atomic E-state index is -0.507. The molecular weight excluding hydrogens is 379 g/mol. The van der Waals surface area contributed by atoms with E-state index in [0.29, 0.717) is 23.8 Å². The third kappa shape index (κ3) is 4.44. The van der Waals surface area contributed by atoms with Crippen molar-refractivity contribution < 1.29 is 9.18 Å². The molecule has 0 atom stereocenters. The van der Waals surface area contributed by atoms with Crippen LogP contribution in [0, 0.1) is 5.82 Å². The lowest BCUT2D eigenvalue weighted by atomic mass is 10.1. The number of benzene rings is 2. The zero-order valence-electron chi connectivity index (χ0n) is 17.1. The van der Waals surface area contributed by atoms with Crippen LogP contribution in [0.15, 0.2) is 54.6 Å². The van der Waals surface area contributed by atoms with Gasteiger partial charge in [-0.1, -0.05) is 36.8 Å². The summed E-state index contributed by atoms with van der Waals surface area (Å²) >= 11 is 0. The lowest BCUT2D eigenvalue weighted by Gasteiger charge is -2.26. The molecule has 0 spiro atoms. The molecule has 1 aromatic heterocycles. The van der Waals surface area contributed by atoms with Gasteiger partial charge in [0.1, 0.15) is 23.0 Å². The molecule has 0 saturated carbocycles. The molecule has 2 N–H and O–H groups in total. The standard InChI is InChI=1S/C24H27FN4O/c25-20-12-10-19(11-13-20)24-27-21(18-8-3-1-4-9-18)22(23(26)30)29(24)17-7-16-28-14-5-2-6-15-28/h1,3-4,8-13H,2,5-7,14-17H2,(H2,26,30). The molecular formula is C24H27FN4O. The van der Waals surface area contributed by atoms with Gasteiger partial charge in [0.25, 0.3) is 5.91 Å². The molecule has 0 aliphatic carbocycles. The predicted molar refractivity (Wildman–Crippen MR) is 116 cm³/mol. The van der Waals surface area contributed by atoms with Crippen LogP contribution < -0.4 is 5.73 Å². The Morgan fingerprint density at radius 3 is 2.30 bits per heavy atom. The van der Waals surface area contributed by atoms with E-state index in [9.17, 15) is 9.18 Å². The molecule has 1 amide bonds. The molecule has 1 fully saturated rings. The van der Waals surface area contributed by atoms with E-state index in [1.165, 1.54) is 31.4 Å². The monoisotopic (exact) mass is 406 g/mol. The van der Waals surface area contributed by atoms with E-state index in [2.05, 4.69) is 4.90 Å². The number of halogens is 1. The highest BCUT2D eigenvalue weighted by atomic mass is 19.1. The Morgan fingerprint density at radius 2 is 1.63 bits per heavy atom. The molecule has 30 heavy (non-hydrogen) atoms. The van der Waals surface area contributed by atoms with Crippen LogP contribution in [0.1, 0.15) is 36.2 Å². The summed E-state index contributed by atoms with van der Waals surface area (Å²) in [5.41, 5.74) is 8.38. The number of piperidine rings is 1. The van der Waals surface area contributed by atoms with Crippen molar-refractivity contribution >= 4 is 5.91 Å². The first-order chi connectivity index (χ1) is 14.6. The van der Waals surface area contributed by atoms with E-state index >= 15 is 0 Å². The van der Waals surface area contributed by atoms with Crippen molar-refractivity contribution in [3.8, 4) is 22.6 Å². The fourth-order valence-corrected chi connectivity index (χ4v) is 4.17. The first kappa shape index (κ1) is 20.3. The van der Waals surface area contributed by atoms with Gasteiger partial charge >= 0.3 is 0 Å². The molecule has 6 heteroatoms. The molecule has 3 aromatic rings. The second-order valence-corrected chi connectivity index (χ2v) is 7.78. The van der Waals surface area contributed by atoms with E-state index < -0.39 is 5.91 Å². The van der Waals surface area contributed by atoms with Crippen molar-refractivity contribution in [1.82, 2.24) is 14.5 Å². The number of likely N-dealkylation sites (tertiary alicyclic amines) is 1. The van der Waals surface area contributed by atoms with Crippen molar-refractivity contribution in [3.63, 3.8) is 0 Å². The van der Waals surface area contributed by atoms with E-state index in [4.69, 9.17) is 10.7 Å². The van der Waals surface area contributed by atoms with Crippen molar-refractivity contribution in [1.29, 1.82) is 0 Å².